The van der Waals surface area contributed by atoms with Crippen LogP contribution in [0.5, 0.6) is 0 Å². The lowest BCUT2D eigenvalue weighted by Crippen LogP contribution is -2.44. The Hall–Kier alpha value is -4.11. The quantitative estimate of drug-likeness (QED) is 0.340. The largest absolute Gasteiger partial charge is 0.456 e. The number of nitrogens with one attached hydrogen (secondary N) is 1. The van der Waals surface area contributed by atoms with Gasteiger partial charge in [-0.15, -0.1) is 0 Å². The summed E-state index contributed by atoms with van der Waals surface area (Å²) in [4.78, 5) is 94.7. The maximum Gasteiger partial charge on any atom is 0.308 e. The zero-order chi connectivity index (χ0) is 36.4. The van der Waals surface area contributed by atoms with Gasteiger partial charge >= 0.3 is 5.97 Å². The number of hydrogen-bond acceptors (Lipinski definition) is 9. The number of carbonyl (C=O) groups excluding carboxylic acids is 6. The topological polar surface area (TPSA) is 167 Å². The number of carbonyl (C=O) groups is 6. The predicted molar refractivity (Wildman–Crippen MR) is 183 cm³/mol. The van der Waals surface area contributed by atoms with E-state index in [1.165, 1.54) is 12.1 Å². The molecule has 4 rings (SSSR count). The number of amidine groups is 2. The van der Waals surface area contributed by atoms with E-state index in [0.717, 1.165) is 16.8 Å². The first-order chi connectivity index (χ1) is 22.9. The molecular weight excluding hydrogens is 652 g/mol. The fourth-order valence-electron chi connectivity index (χ4n) is 5.79. The van der Waals surface area contributed by atoms with Crippen molar-refractivity contribution in [3.63, 3.8) is 0 Å². The minimum absolute atomic E-state index is 0.0299. The summed E-state index contributed by atoms with van der Waals surface area (Å²) in [5.41, 5.74) is -0.586. The number of likely N-dealkylation sites (N-methyl/N-ethyl adjacent to an activating group) is 1. The summed E-state index contributed by atoms with van der Waals surface area (Å²) in [6.07, 6.45) is -0.0950. The van der Waals surface area contributed by atoms with E-state index in [2.05, 4.69) is 15.3 Å². The summed E-state index contributed by atoms with van der Waals surface area (Å²) in [7, 11) is 1.73. The minimum atomic E-state index is -0.750. The van der Waals surface area contributed by atoms with Gasteiger partial charge in [0.25, 0.3) is 23.6 Å². The summed E-state index contributed by atoms with van der Waals surface area (Å²) < 4.78 is 5.03. The average Bonchev–Trinajstić information content (AvgIpc) is 3.55. The number of thioether (sulfide) groups is 1. The first-order valence-corrected chi connectivity index (χ1v) is 17.3. The second-order valence-electron chi connectivity index (χ2n) is 13.8. The van der Waals surface area contributed by atoms with Gasteiger partial charge < -0.3 is 19.9 Å². The van der Waals surface area contributed by atoms with Crippen molar-refractivity contribution in [1.29, 1.82) is 0 Å². The van der Waals surface area contributed by atoms with E-state index in [9.17, 15) is 28.8 Å². The molecule has 0 spiro atoms. The van der Waals surface area contributed by atoms with Crippen molar-refractivity contribution in [2.45, 2.75) is 78.7 Å². The number of ether oxygens (including phenoxy) is 1. The molecule has 49 heavy (non-hydrogen) atoms. The molecule has 2 heterocycles. The van der Waals surface area contributed by atoms with Crippen molar-refractivity contribution < 1.29 is 38.3 Å². The van der Waals surface area contributed by atoms with Gasteiger partial charge in [0.2, 0.25) is 5.91 Å². The van der Waals surface area contributed by atoms with Crippen molar-refractivity contribution in [3.05, 3.63) is 35.4 Å². The molecule has 0 bridgehead atoms. The Labute approximate surface area is 291 Å². The summed E-state index contributed by atoms with van der Waals surface area (Å²) in [5, 5.41) is 3.60. The van der Waals surface area contributed by atoms with Gasteiger partial charge in [0.05, 0.1) is 23.9 Å². The smallest absolute Gasteiger partial charge is 0.308 e. The lowest BCUT2D eigenvalue weighted by molar-refractivity contribution is -0.197. The van der Waals surface area contributed by atoms with Gasteiger partial charge in [-0.25, -0.2) is 0 Å². The SMILES string of the molecule is CCN(CC)C(=O)COC(=O)CCNC(=O)C1SC(=NC(=O)c2ccc(C3=NC(=O)C4C(C(=O)N3OC(C)(C)C)C4(C)C)cc2)N(C)C1C. The molecular formula is C34H46N6O8S. The number of hydrogen-bond donors (Lipinski definition) is 1. The number of amides is 5. The Kier molecular flexibility index (Phi) is 11.4. The molecule has 1 aromatic rings. The molecule has 2 aliphatic heterocycles. The number of rotatable bonds is 11. The van der Waals surface area contributed by atoms with Gasteiger partial charge in [-0.05, 0) is 59.1 Å². The van der Waals surface area contributed by atoms with Crippen LogP contribution >= 0.6 is 11.8 Å². The molecule has 14 nitrogen and oxygen atoms in total. The number of esters is 1. The van der Waals surface area contributed by atoms with Crippen molar-refractivity contribution >= 4 is 58.3 Å². The van der Waals surface area contributed by atoms with Crippen molar-refractivity contribution in [3.8, 4) is 0 Å². The fraction of sp³-hybridized carbons (Fsp3) is 0.588. The molecule has 4 unspecified atom stereocenters. The molecule has 266 valence electrons. The fourth-order valence-corrected chi connectivity index (χ4v) is 7.05. The Morgan fingerprint density at radius 1 is 1.06 bits per heavy atom. The van der Waals surface area contributed by atoms with E-state index >= 15 is 0 Å². The van der Waals surface area contributed by atoms with Crippen LogP contribution in [0.25, 0.3) is 0 Å². The molecule has 1 N–H and O–H groups in total. The summed E-state index contributed by atoms with van der Waals surface area (Å²) in [6.45, 7) is 15.4. The first-order valence-electron chi connectivity index (χ1n) is 16.4. The Morgan fingerprint density at radius 3 is 2.29 bits per heavy atom. The molecule has 0 aromatic heterocycles. The highest BCUT2D eigenvalue weighted by molar-refractivity contribution is 8.15. The zero-order valence-corrected chi connectivity index (χ0v) is 30.4. The lowest BCUT2D eigenvalue weighted by Gasteiger charge is -2.30. The third kappa shape index (κ3) is 8.38. The zero-order valence-electron chi connectivity index (χ0n) is 29.6. The van der Waals surface area contributed by atoms with Crippen LogP contribution in [0.15, 0.2) is 34.3 Å². The number of aliphatic imine (C=N–C) groups is 2. The Bertz CT molecular complexity index is 1560. The van der Waals surface area contributed by atoms with Crippen molar-refractivity contribution in [2.24, 2.45) is 27.2 Å². The van der Waals surface area contributed by atoms with Gasteiger partial charge in [-0.1, -0.05) is 37.7 Å². The summed E-state index contributed by atoms with van der Waals surface area (Å²) >= 11 is 1.14. The molecule has 1 saturated heterocycles. The number of nitrogens with zero attached hydrogens (tertiary/aromatic N) is 5. The van der Waals surface area contributed by atoms with Crippen LogP contribution in [0.4, 0.5) is 0 Å². The van der Waals surface area contributed by atoms with Gasteiger partial charge in [0, 0.05) is 43.9 Å². The molecule has 15 heteroatoms. The lowest BCUT2D eigenvalue weighted by atomic mass is 10.1. The minimum Gasteiger partial charge on any atom is -0.456 e. The highest BCUT2D eigenvalue weighted by Crippen LogP contribution is 2.60. The highest BCUT2D eigenvalue weighted by Gasteiger charge is 2.68. The Balaban J connectivity index is 1.38. The first kappa shape index (κ1) is 37.7. The van der Waals surface area contributed by atoms with Crippen LogP contribution in [0, 0.1) is 17.3 Å². The Morgan fingerprint density at radius 2 is 1.69 bits per heavy atom. The van der Waals surface area contributed by atoms with E-state index < -0.39 is 40.0 Å². The molecule has 3 aliphatic rings. The maximum absolute atomic E-state index is 13.5. The van der Waals surface area contributed by atoms with E-state index in [1.54, 1.807) is 49.8 Å². The van der Waals surface area contributed by atoms with Crippen LogP contribution in [0.3, 0.4) is 0 Å². The molecule has 2 fully saturated rings. The van der Waals surface area contributed by atoms with Gasteiger partial charge in [-0.3, -0.25) is 33.6 Å². The van der Waals surface area contributed by atoms with Gasteiger partial charge in [0.15, 0.2) is 17.6 Å². The number of hydroxylamine groups is 2. The van der Waals surface area contributed by atoms with Crippen LogP contribution < -0.4 is 5.32 Å². The molecule has 1 aliphatic carbocycles. The third-order valence-electron chi connectivity index (χ3n) is 8.86. The predicted octanol–water partition coefficient (Wildman–Crippen LogP) is 2.65. The normalized spacial score (nSPS) is 23.9. The van der Waals surface area contributed by atoms with Crippen LogP contribution in [0.2, 0.25) is 0 Å². The monoisotopic (exact) mass is 698 g/mol. The van der Waals surface area contributed by atoms with Crippen LogP contribution in [0.1, 0.15) is 77.7 Å². The molecule has 5 amide bonds. The number of benzene rings is 1. The second kappa shape index (κ2) is 14.8. The van der Waals surface area contributed by atoms with Crippen LogP contribution in [-0.2, 0) is 33.5 Å². The third-order valence-corrected chi connectivity index (χ3v) is 10.3. The molecule has 0 radical (unpaired) electrons. The van der Waals surface area contributed by atoms with E-state index in [1.807, 2.05) is 34.6 Å². The van der Waals surface area contributed by atoms with Crippen LogP contribution in [-0.4, -0.2) is 112 Å². The van der Waals surface area contributed by atoms with E-state index in [4.69, 9.17) is 9.57 Å². The molecule has 1 aromatic carbocycles. The van der Waals surface area contributed by atoms with Gasteiger partial charge in [0.1, 0.15) is 5.25 Å². The molecule has 1 saturated carbocycles. The standard InChI is InChI=1S/C34H46N6O8S/c1-10-39(11-2)22(41)18-47-23(42)16-17-35-30(45)26-19(3)38(9)32(49-26)37-28(43)21-14-12-20(13-15-21)27-36-29(44)24-25(34(24,7)8)31(46)40(27)48-33(4,5)6/h12-15,19,24-26H,10-11,16-18H2,1-9H3,(H,35,45). The summed E-state index contributed by atoms with van der Waals surface area (Å²) in [6, 6.07) is 5.94. The van der Waals surface area contributed by atoms with Crippen molar-refractivity contribution in [1.82, 2.24) is 20.2 Å². The van der Waals surface area contributed by atoms with Crippen molar-refractivity contribution in [2.75, 3.05) is 33.3 Å². The average molecular weight is 699 g/mol. The van der Waals surface area contributed by atoms with Gasteiger partial charge in [-0.2, -0.15) is 15.0 Å². The van der Waals surface area contributed by atoms with E-state index in [-0.39, 0.29) is 60.6 Å². The maximum atomic E-state index is 13.5. The highest BCUT2D eigenvalue weighted by atomic mass is 32.2. The molecule has 4 atom stereocenters. The number of fused-ring (bicyclic) bond motifs is 1. The summed E-state index contributed by atoms with van der Waals surface area (Å²) in [5.74, 6) is -3.46. The second-order valence-corrected chi connectivity index (χ2v) is 14.9. The van der Waals surface area contributed by atoms with E-state index in [0.29, 0.717) is 23.8 Å².